The van der Waals surface area contributed by atoms with Crippen molar-refractivity contribution < 1.29 is 89.4 Å². The molecule has 454 valence electrons. The minimum atomic E-state index is -1.97. The van der Waals surface area contributed by atoms with Crippen molar-refractivity contribution in [3.05, 3.63) is 12.2 Å². The van der Waals surface area contributed by atoms with Gasteiger partial charge in [-0.25, -0.2) is 0 Å². The number of allylic oxidation sites excluding steroid dienone is 2. The van der Waals surface area contributed by atoms with Crippen molar-refractivity contribution in [2.24, 2.45) is 0 Å². The molecule has 17 unspecified atom stereocenters. The summed E-state index contributed by atoms with van der Waals surface area (Å²) in [6.07, 6.45) is 14.3. The highest BCUT2D eigenvalue weighted by molar-refractivity contribution is 5.76. The topological polar surface area (TPSA) is 307 Å². The molecule has 0 aromatic heterocycles. The Bertz CT molecular complexity index is 1460. The van der Waals surface area contributed by atoms with Crippen LogP contribution in [-0.4, -0.2) is 193 Å². The molecule has 0 aromatic carbocycles. The largest absolute Gasteiger partial charge is 0.394 e. The van der Waals surface area contributed by atoms with Gasteiger partial charge in [0.1, 0.15) is 73.2 Å². The van der Waals surface area contributed by atoms with E-state index in [1.54, 1.807) is 0 Å². The zero-order valence-electron chi connectivity index (χ0n) is 47.2. The molecule has 12 N–H and O–H groups in total. The maximum Gasteiger partial charge on any atom is 0.220 e. The van der Waals surface area contributed by atoms with Crippen LogP contribution in [0, 0.1) is 0 Å². The molecule has 3 aliphatic rings. The van der Waals surface area contributed by atoms with Crippen LogP contribution in [0.4, 0.5) is 0 Å². The van der Waals surface area contributed by atoms with Crippen molar-refractivity contribution in [1.82, 2.24) is 5.32 Å². The van der Waals surface area contributed by atoms with Gasteiger partial charge in [0.2, 0.25) is 5.91 Å². The number of amides is 1. The monoisotopic (exact) mass is 1110 g/mol. The van der Waals surface area contributed by atoms with Crippen LogP contribution in [-0.2, 0) is 33.2 Å². The number of hydrogen-bond donors (Lipinski definition) is 12. The molecule has 77 heavy (non-hydrogen) atoms. The minimum absolute atomic E-state index is 0.246. The molecular weight excluding hydrogens is 999 g/mol. The normalized spacial score (nSPS) is 30.7. The van der Waals surface area contributed by atoms with E-state index < -0.39 is 124 Å². The van der Waals surface area contributed by atoms with Crippen molar-refractivity contribution in [2.45, 2.75) is 324 Å². The molecule has 19 heteroatoms. The average molecular weight is 1110 g/mol. The predicted octanol–water partition coefficient (Wildman–Crippen LogP) is 5.38. The number of rotatable bonds is 45. The fraction of sp³-hybridized carbons (Fsp3) is 0.948. The summed E-state index contributed by atoms with van der Waals surface area (Å²) in [4.78, 5) is 13.3. The van der Waals surface area contributed by atoms with Gasteiger partial charge in [-0.05, 0) is 38.5 Å². The Balaban J connectivity index is 1.50. The molecule has 3 saturated heterocycles. The Morgan fingerprint density at radius 1 is 0.455 bits per heavy atom. The van der Waals surface area contributed by atoms with E-state index in [0.717, 1.165) is 57.8 Å². The summed E-state index contributed by atoms with van der Waals surface area (Å²) < 4.78 is 34.3. The van der Waals surface area contributed by atoms with Gasteiger partial charge in [0.05, 0.1) is 38.6 Å². The first kappa shape index (κ1) is 69.8. The van der Waals surface area contributed by atoms with E-state index >= 15 is 0 Å². The van der Waals surface area contributed by atoms with Gasteiger partial charge in [-0.15, -0.1) is 0 Å². The summed E-state index contributed by atoms with van der Waals surface area (Å²) in [6, 6.07) is -0.885. The summed E-state index contributed by atoms with van der Waals surface area (Å²) >= 11 is 0. The van der Waals surface area contributed by atoms with E-state index in [-0.39, 0.29) is 18.9 Å². The number of nitrogens with one attached hydrogen (secondary N) is 1. The lowest BCUT2D eigenvalue weighted by molar-refractivity contribution is -0.379. The maximum absolute atomic E-state index is 13.3. The SMILES string of the molecule is CCCCCCCC/C=C\CCCCCCCCCC(=O)NC(COC1OC(CO)C(OC2OC(CO)C(OC3OC(CO)C(O)C(O)C3O)C(O)C2O)C(O)C1O)C(O)CCCCCCCCCCCCCCCCC. The molecule has 19 nitrogen and oxygen atoms in total. The third kappa shape index (κ3) is 26.5. The third-order valence-electron chi connectivity index (χ3n) is 15.6. The molecule has 1 amide bonds. The first-order valence-electron chi connectivity index (χ1n) is 30.4. The maximum atomic E-state index is 13.3. The molecule has 0 saturated carbocycles. The van der Waals surface area contributed by atoms with E-state index in [1.165, 1.54) is 128 Å². The van der Waals surface area contributed by atoms with Gasteiger partial charge < -0.3 is 89.9 Å². The van der Waals surface area contributed by atoms with E-state index in [0.29, 0.717) is 12.8 Å². The van der Waals surface area contributed by atoms with Crippen molar-refractivity contribution in [3.63, 3.8) is 0 Å². The van der Waals surface area contributed by atoms with E-state index in [9.17, 15) is 61.0 Å². The number of aliphatic hydroxyl groups excluding tert-OH is 11. The van der Waals surface area contributed by atoms with Crippen LogP contribution >= 0.6 is 0 Å². The Morgan fingerprint density at radius 3 is 1.26 bits per heavy atom. The summed E-state index contributed by atoms with van der Waals surface area (Å²) in [5.41, 5.74) is 0. The van der Waals surface area contributed by atoms with Gasteiger partial charge in [-0.3, -0.25) is 4.79 Å². The highest BCUT2D eigenvalue weighted by atomic mass is 16.8. The zero-order valence-corrected chi connectivity index (χ0v) is 47.2. The van der Waals surface area contributed by atoms with Gasteiger partial charge >= 0.3 is 0 Å². The van der Waals surface area contributed by atoms with Crippen molar-refractivity contribution >= 4 is 5.91 Å². The first-order valence-corrected chi connectivity index (χ1v) is 30.4. The lowest BCUT2D eigenvalue weighted by Gasteiger charge is -2.48. The van der Waals surface area contributed by atoms with Crippen LogP contribution in [0.3, 0.4) is 0 Å². The van der Waals surface area contributed by atoms with Gasteiger partial charge in [0.25, 0.3) is 0 Å². The molecule has 3 aliphatic heterocycles. The summed E-state index contributed by atoms with van der Waals surface area (Å²) in [7, 11) is 0. The van der Waals surface area contributed by atoms with Crippen LogP contribution in [0.5, 0.6) is 0 Å². The van der Waals surface area contributed by atoms with Gasteiger partial charge in [0, 0.05) is 6.42 Å². The summed E-state index contributed by atoms with van der Waals surface area (Å²) in [5.74, 6) is -0.246. The number of carbonyl (C=O) groups excluding carboxylic acids is 1. The number of carbonyl (C=O) groups is 1. The number of aliphatic hydroxyl groups is 11. The number of ether oxygens (including phenoxy) is 6. The fourth-order valence-electron chi connectivity index (χ4n) is 10.5. The van der Waals surface area contributed by atoms with Crippen LogP contribution in [0.2, 0.25) is 0 Å². The van der Waals surface area contributed by atoms with E-state index in [2.05, 4.69) is 31.3 Å². The van der Waals surface area contributed by atoms with Crippen LogP contribution in [0.1, 0.15) is 219 Å². The van der Waals surface area contributed by atoms with Gasteiger partial charge in [-0.1, -0.05) is 187 Å². The second-order valence-electron chi connectivity index (χ2n) is 22.2. The van der Waals surface area contributed by atoms with Gasteiger partial charge in [-0.2, -0.15) is 0 Å². The minimum Gasteiger partial charge on any atom is -0.394 e. The smallest absolute Gasteiger partial charge is 0.220 e. The fourth-order valence-corrected chi connectivity index (χ4v) is 10.5. The summed E-state index contributed by atoms with van der Waals surface area (Å²) in [5, 5.41) is 120. The van der Waals surface area contributed by atoms with Crippen molar-refractivity contribution in [1.29, 1.82) is 0 Å². The van der Waals surface area contributed by atoms with E-state index in [1.807, 2.05) is 0 Å². The molecule has 3 fully saturated rings. The second kappa shape index (κ2) is 42.4. The van der Waals surface area contributed by atoms with Crippen LogP contribution < -0.4 is 5.32 Å². The molecule has 17 atom stereocenters. The summed E-state index contributed by atoms with van der Waals surface area (Å²) in [6.45, 7) is 1.79. The quantitative estimate of drug-likeness (QED) is 0.0269. The Labute approximate surface area is 461 Å². The lowest BCUT2D eigenvalue weighted by Crippen LogP contribution is -2.66. The molecule has 0 aliphatic carbocycles. The van der Waals surface area contributed by atoms with Gasteiger partial charge in [0.15, 0.2) is 18.9 Å². The Hall–Kier alpha value is -1.47. The van der Waals surface area contributed by atoms with Crippen molar-refractivity contribution in [2.75, 3.05) is 26.4 Å². The number of unbranched alkanes of at least 4 members (excludes halogenated alkanes) is 27. The second-order valence-corrected chi connectivity index (χ2v) is 22.2. The third-order valence-corrected chi connectivity index (χ3v) is 15.6. The molecule has 0 aromatic rings. The molecule has 0 radical (unpaired) electrons. The first-order chi connectivity index (χ1) is 37.3. The van der Waals surface area contributed by atoms with Crippen LogP contribution in [0.25, 0.3) is 0 Å². The standard InChI is InChI=1S/C58H109NO18/c1-3-5-7-9-11-13-15-17-19-20-22-24-26-28-30-32-34-36-46(64)59-41(42(63)35-33-31-29-27-25-23-21-18-16-14-12-10-8-6-4-2)40-72-56-52(70)49(67)54(44(38-61)74-56)77-58-53(71)50(68)55(45(39-62)75-58)76-57-51(69)48(66)47(65)43(37-60)73-57/h17,19,41-45,47-58,60-63,65-71H,3-16,18,20-40H2,1-2H3,(H,59,64)/b19-17-. The molecule has 0 spiro atoms. The average Bonchev–Trinajstić information content (AvgIpc) is 3.44. The zero-order chi connectivity index (χ0) is 56.2. The van der Waals surface area contributed by atoms with Crippen molar-refractivity contribution in [3.8, 4) is 0 Å². The molecule has 3 rings (SSSR count). The highest BCUT2D eigenvalue weighted by Crippen LogP contribution is 2.33. The highest BCUT2D eigenvalue weighted by Gasteiger charge is 2.53. The van der Waals surface area contributed by atoms with Crippen LogP contribution in [0.15, 0.2) is 12.2 Å². The number of hydrogen-bond acceptors (Lipinski definition) is 18. The molecule has 3 heterocycles. The molecular formula is C58H109NO18. The Morgan fingerprint density at radius 2 is 0.818 bits per heavy atom. The lowest BCUT2D eigenvalue weighted by atomic mass is 9.96. The predicted molar refractivity (Wildman–Crippen MR) is 291 cm³/mol. The van der Waals surface area contributed by atoms with E-state index in [4.69, 9.17) is 28.4 Å². The Kier molecular flexibility index (Phi) is 38.4. The molecule has 0 bridgehead atoms.